The van der Waals surface area contributed by atoms with Crippen LogP contribution in [0.25, 0.3) is 22.2 Å². The van der Waals surface area contributed by atoms with E-state index in [-0.39, 0.29) is 11.5 Å². The Morgan fingerprint density at radius 2 is 1.60 bits per heavy atom. The van der Waals surface area contributed by atoms with Crippen LogP contribution in [-0.4, -0.2) is 22.3 Å². The molecule has 0 spiro atoms. The third-order valence-electron chi connectivity index (χ3n) is 3.14. The summed E-state index contributed by atoms with van der Waals surface area (Å²) in [5.74, 6) is 1.04. The van der Waals surface area contributed by atoms with Crippen molar-refractivity contribution >= 4 is 10.9 Å². The van der Waals surface area contributed by atoms with E-state index in [1.54, 1.807) is 49.6 Å². The summed E-state index contributed by atoms with van der Waals surface area (Å²) in [6.07, 6.45) is 0. The van der Waals surface area contributed by atoms with E-state index in [4.69, 9.17) is 4.74 Å². The highest BCUT2D eigenvalue weighted by atomic mass is 16.5. The highest BCUT2D eigenvalue weighted by Gasteiger charge is 2.08. The normalized spacial score (nSPS) is 10.7. The molecule has 3 rings (SSSR count). The second kappa shape index (κ2) is 4.74. The third kappa shape index (κ3) is 2.12. The van der Waals surface area contributed by atoms with Crippen molar-refractivity contribution in [3.63, 3.8) is 0 Å². The lowest BCUT2D eigenvalue weighted by atomic mass is 10.1. The summed E-state index contributed by atoms with van der Waals surface area (Å²) in [6, 6.07) is 13.6. The van der Waals surface area contributed by atoms with Gasteiger partial charge >= 0.3 is 0 Å². The summed E-state index contributed by atoms with van der Waals surface area (Å²) in [5, 5.41) is 19.6. The van der Waals surface area contributed by atoms with E-state index in [9.17, 15) is 10.2 Å². The van der Waals surface area contributed by atoms with Gasteiger partial charge in [-0.1, -0.05) is 0 Å². The average molecular weight is 267 g/mol. The number of aromatic nitrogens is 1. The minimum absolute atomic E-state index is 0.176. The predicted octanol–water partition coefficient (Wildman–Crippen LogP) is 3.32. The number of fused-ring (bicyclic) bond motifs is 1. The molecule has 1 aromatic heterocycles. The summed E-state index contributed by atoms with van der Waals surface area (Å²) < 4.78 is 5.37. The molecule has 20 heavy (non-hydrogen) atoms. The largest absolute Gasteiger partial charge is 0.508 e. The van der Waals surface area contributed by atoms with Crippen LogP contribution >= 0.6 is 0 Å². The maximum Gasteiger partial charge on any atom is 0.130 e. The van der Waals surface area contributed by atoms with E-state index in [2.05, 4.69) is 4.98 Å². The van der Waals surface area contributed by atoms with Gasteiger partial charge in [-0.2, -0.15) is 0 Å². The molecule has 100 valence electrons. The molecule has 4 heteroatoms. The Morgan fingerprint density at radius 3 is 2.30 bits per heavy atom. The maximum atomic E-state index is 9.56. The van der Waals surface area contributed by atoms with Crippen molar-refractivity contribution in [2.75, 3.05) is 7.11 Å². The Bertz CT molecular complexity index is 767. The predicted molar refractivity (Wildman–Crippen MR) is 77.1 cm³/mol. The SMILES string of the molecule is COc1cc(-c2ccc(O)cc2)nc2ccc(O)cc12. The smallest absolute Gasteiger partial charge is 0.130 e. The second-order valence-corrected chi connectivity index (χ2v) is 4.46. The zero-order chi connectivity index (χ0) is 14.1. The molecule has 3 aromatic rings. The van der Waals surface area contributed by atoms with Gasteiger partial charge in [0.25, 0.3) is 0 Å². The first-order chi connectivity index (χ1) is 9.67. The molecule has 0 amide bonds. The van der Waals surface area contributed by atoms with E-state index in [0.29, 0.717) is 5.75 Å². The van der Waals surface area contributed by atoms with Crippen LogP contribution in [0.5, 0.6) is 17.2 Å². The van der Waals surface area contributed by atoms with E-state index in [0.717, 1.165) is 22.2 Å². The van der Waals surface area contributed by atoms with Crippen LogP contribution in [0.2, 0.25) is 0 Å². The molecule has 0 aliphatic carbocycles. The molecular formula is C16H13NO3. The van der Waals surface area contributed by atoms with E-state index in [1.807, 2.05) is 6.07 Å². The molecule has 0 bridgehead atoms. The third-order valence-corrected chi connectivity index (χ3v) is 3.14. The van der Waals surface area contributed by atoms with Crippen LogP contribution in [0.15, 0.2) is 48.5 Å². The molecule has 0 saturated heterocycles. The molecule has 0 saturated carbocycles. The molecule has 4 nitrogen and oxygen atoms in total. The van der Waals surface area contributed by atoms with Crippen molar-refractivity contribution in [1.82, 2.24) is 4.98 Å². The fraction of sp³-hybridized carbons (Fsp3) is 0.0625. The van der Waals surface area contributed by atoms with E-state index < -0.39 is 0 Å². The zero-order valence-electron chi connectivity index (χ0n) is 10.9. The lowest BCUT2D eigenvalue weighted by molar-refractivity contribution is 0.419. The standard InChI is InChI=1S/C16H13NO3/c1-20-16-9-15(10-2-4-11(18)5-3-10)17-14-7-6-12(19)8-13(14)16/h2-9,18-19H,1H3. The van der Waals surface area contributed by atoms with Crippen LogP contribution in [0.1, 0.15) is 0 Å². The minimum Gasteiger partial charge on any atom is -0.508 e. The van der Waals surface area contributed by atoms with Gasteiger partial charge in [0.05, 0.1) is 18.3 Å². The lowest BCUT2D eigenvalue weighted by Crippen LogP contribution is -1.91. The zero-order valence-corrected chi connectivity index (χ0v) is 10.9. The molecular weight excluding hydrogens is 254 g/mol. The van der Waals surface area contributed by atoms with Crippen molar-refractivity contribution in [2.24, 2.45) is 0 Å². The van der Waals surface area contributed by atoms with Crippen LogP contribution in [0, 0.1) is 0 Å². The number of pyridine rings is 1. The molecule has 2 N–H and O–H groups in total. The number of nitrogens with zero attached hydrogens (tertiary/aromatic N) is 1. The van der Waals surface area contributed by atoms with Gasteiger partial charge in [0.2, 0.25) is 0 Å². The van der Waals surface area contributed by atoms with Crippen molar-refractivity contribution in [3.05, 3.63) is 48.5 Å². The Kier molecular flexibility index (Phi) is 2.91. The van der Waals surface area contributed by atoms with Gasteiger partial charge < -0.3 is 14.9 Å². The van der Waals surface area contributed by atoms with Crippen LogP contribution < -0.4 is 4.74 Å². The topological polar surface area (TPSA) is 62.6 Å². The minimum atomic E-state index is 0.176. The quantitative estimate of drug-likeness (QED) is 0.747. The monoisotopic (exact) mass is 267 g/mol. The molecule has 0 aliphatic heterocycles. The number of rotatable bonds is 2. The maximum absolute atomic E-state index is 9.56. The molecule has 0 radical (unpaired) electrons. The lowest BCUT2D eigenvalue weighted by Gasteiger charge is -2.09. The van der Waals surface area contributed by atoms with Crippen molar-refractivity contribution in [1.29, 1.82) is 0 Å². The Hall–Kier alpha value is -2.75. The molecule has 0 atom stereocenters. The highest BCUT2D eigenvalue weighted by molar-refractivity contribution is 5.89. The Morgan fingerprint density at radius 1 is 0.900 bits per heavy atom. The van der Waals surface area contributed by atoms with E-state index >= 15 is 0 Å². The number of aromatic hydroxyl groups is 2. The summed E-state index contributed by atoms with van der Waals surface area (Å²) in [6.45, 7) is 0. The molecule has 1 heterocycles. The van der Waals surface area contributed by atoms with Gasteiger partial charge in [-0.05, 0) is 42.5 Å². The average Bonchev–Trinajstić information content (AvgIpc) is 2.47. The van der Waals surface area contributed by atoms with Crippen LogP contribution in [0.3, 0.4) is 0 Å². The van der Waals surface area contributed by atoms with Crippen molar-refractivity contribution in [3.8, 4) is 28.5 Å². The summed E-state index contributed by atoms with van der Waals surface area (Å²) in [4.78, 5) is 4.55. The number of phenolic OH excluding ortho intramolecular Hbond substituents is 2. The van der Waals surface area contributed by atoms with Crippen molar-refractivity contribution < 1.29 is 14.9 Å². The summed E-state index contributed by atoms with van der Waals surface area (Å²) in [5.41, 5.74) is 2.38. The fourth-order valence-corrected chi connectivity index (χ4v) is 2.13. The number of hydrogen-bond acceptors (Lipinski definition) is 4. The first kappa shape index (κ1) is 12.3. The van der Waals surface area contributed by atoms with Gasteiger partial charge in [0.15, 0.2) is 0 Å². The number of phenols is 2. The number of methoxy groups -OCH3 is 1. The van der Waals surface area contributed by atoms with Gasteiger partial charge in [-0.25, -0.2) is 4.98 Å². The van der Waals surface area contributed by atoms with Gasteiger partial charge in [-0.15, -0.1) is 0 Å². The summed E-state index contributed by atoms with van der Waals surface area (Å²) >= 11 is 0. The van der Waals surface area contributed by atoms with Crippen LogP contribution in [0.4, 0.5) is 0 Å². The Balaban J connectivity index is 2.22. The van der Waals surface area contributed by atoms with Gasteiger partial charge in [-0.3, -0.25) is 0 Å². The van der Waals surface area contributed by atoms with Gasteiger partial charge in [0, 0.05) is 17.0 Å². The van der Waals surface area contributed by atoms with Crippen molar-refractivity contribution in [2.45, 2.75) is 0 Å². The van der Waals surface area contributed by atoms with E-state index in [1.165, 1.54) is 0 Å². The van der Waals surface area contributed by atoms with Gasteiger partial charge in [0.1, 0.15) is 17.2 Å². The first-order valence-electron chi connectivity index (χ1n) is 6.14. The molecule has 0 unspecified atom stereocenters. The Labute approximate surface area is 115 Å². The second-order valence-electron chi connectivity index (χ2n) is 4.46. The fourth-order valence-electron chi connectivity index (χ4n) is 2.13. The number of hydrogen-bond donors (Lipinski definition) is 2. The number of benzene rings is 2. The van der Waals surface area contributed by atoms with Crippen LogP contribution in [-0.2, 0) is 0 Å². The summed E-state index contributed by atoms with van der Waals surface area (Å²) in [7, 11) is 1.58. The first-order valence-corrected chi connectivity index (χ1v) is 6.14. The number of ether oxygens (including phenoxy) is 1. The molecule has 0 fully saturated rings. The molecule has 2 aromatic carbocycles. The molecule has 0 aliphatic rings. The highest BCUT2D eigenvalue weighted by Crippen LogP contribution is 2.32.